The van der Waals surface area contributed by atoms with Crippen molar-refractivity contribution < 1.29 is 18.3 Å². The van der Waals surface area contributed by atoms with Crippen molar-refractivity contribution in [2.24, 2.45) is 0 Å². The maximum absolute atomic E-state index is 11.6. The first kappa shape index (κ1) is 10.5. The predicted octanol–water partition coefficient (Wildman–Crippen LogP) is 1.83. The highest BCUT2D eigenvalue weighted by molar-refractivity contribution is 7.53. The van der Waals surface area contributed by atoms with Crippen molar-refractivity contribution in [2.75, 3.05) is 25.4 Å². The minimum Gasteiger partial charge on any atom is -0.366 e. The second-order valence-electron chi connectivity index (χ2n) is 2.55. The summed E-state index contributed by atoms with van der Waals surface area (Å²) < 4.78 is 26.7. The molecule has 1 aliphatic heterocycles. The Kier molecular flexibility index (Phi) is 4.00. The smallest absolute Gasteiger partial charge is 0.356 e. The van der Waals surface area contributed by atoms with Crippen molar-refractivity contribution in [2.45, 2.75) is 13.0 Å². The van der Waals surface area contributed by atoms with Gasteiger partial charge in [-0.1, -0.05) is 0 Å². The standard InChI is InChI=1S/C6H12ClO4P/c1-6-4-9-5-12(8,11-6)10-3-2-7/h6H,2-5H2,1H3. The quantitative estimate of drug-likeness (QED) is 0.531. The fourth-order valence-electron chi connectivity index (χ4n) is 0.907. The van der Waals surface area contributed by atoms with E-state index in [2.05, 4.69) is 0 Å². The fourth-order valence-corrected chi connectivity index (χ4v) is 2.60. The molecule has 0 aliphatic carbocycles. The van der Waals surface area contributed by atoms with Crippen LogP contribution in [0.3, 0.4) is 0 Å². The summed E-state index contributed by atoms with van der Waals surface area (Å²) in [5.41, 5.74) is 0. The van der Waals surface area contributed by atoms with E-state index in [-0.39, 0.29) is 19.1 Å². The highest BCUT2D eigenvalue weighted by Crippen LogP contribution is 2.51. The summed E-state index contributed by atoms with van der Waals surface area (Å²) in [6, 6.07) is 0. The lowest BCUT2D eigenvalue weighted by atomic mass is 10.5. The summed E-state index contributed by atoms with van der Waals surface area (Å²) in [7, 11) is -2.99. The largest absolute Gasteiger partial charge is 0.366 e. The second kappa shape index (κ2) is 4.58. The molecule has 12 heavy (non-hydrogen) atoms. The lowest BCUT2D eigenvalue weighted by Gasteiger charge is -2.26. The third-order valence-electron chi connectivity index (χ3n) is 1.31. The summed E-state index contributed by atoms with van der Waals surface area (Å²) in [6.45, 7) is 2.49. The van der Waals surface area contributed by atoms with Crippen LogP contribution in [0.5, 0.6) is 0 Å². The molecule has 2 atom stereocenters. The van der Waals surface area contributed by atoms with Crippen LogP contribution < -0.4 is 0 Å². The lowest BCUT2D eigenvalue weighted by molar-refractivity contribution is 0.0182. The zero-order valence-electron chi connectivity index (χ0n) is 6.86. The summed E-state index contributed by atoms with van der Waals surface area (Å²) in [4.78, 5) is 0. The molecule has 1 rings (SSSR count). The van der Waals surface area contributed by atoms with Crippen molar-refractivity contribution in [3.05, 3.63) is 0 Å². The summed E-state index contributed by atoms with van der Waals surface area (Å²) >= 11 is 5.38. The molecule has 1 saturated heterocycles. The van der Waals surface area contributed by atoms with E-state index in [1.165, 1.54) is 0 Å². The van der Waals surface area contributed by atoms with Gasteiger partial charge in [0.25, 0.3) is 0 Å². The van der Waals surface area contributed by atoms with Gasteiger partial charge in [0.15, 0.2) is 0 Å². The maximum Gasteiger partial charge on any atom is 0.356 e. The maximum atomic E-state index is 11.6. The molecule has 4 nitrogen and oxygen atoms in total. The zero-order chi connectivity index (χ0) is 9.03. The molecule has 0 saturated carbocycles. The molecule has 1 heterocycles. The van der Waals surface area contributed by atoms with Gasteiger partial charge in [0.2, 0.25) is 0 Å². The average molecular weight is 215 g/mol. The average Bonchev–Trinajstić information content (AvgIpc) is 2.01. The highest BCUT2D eigenvalue weighted by atomic mass is 35.5. The van der Waals surface area contributed by atoms with E-state index < -0.39 is 7.60 Å². The van der Waals surface area contributed by atoms with E-state index in [4.69, 9.17) is 25.4 Å². The van der Waals surface area contributed by atoms with E-state index in [0.717, 1.165) is 0 Å². The Morgan fingerprint density at radius 2 is 2.50 bits per heavy atom. The Balaban J connectivity index is 2.41. The van der Waals surface area contributed by atoms with Gasteiger partial charge in [0, 0.05) is 5.88 Å². The summed E-state index contributed by atoms with van der Waals surface area (Å²) in [5.74, 6) is 0.307. The minimum atomic E-state index is -2.99. The van der Waals surface area contributed by atoms with Crippen molar-refractivity contribution in [3.63, 3.8) is 0 Å². The fraction of sp³-hybridized carbons (Fsp3) is 1.00. The SMILES string of the molecule is CC1COCP(=O)(OCCCl)O1. The number of hydrogen-bond acceptors (Lipinski definition) is 4. The first-order valence-corrected chi connectivity index (χ1v) is 5.98. The number of rotatable bonds is 3. The van der Waals surface area contributed by atoms with E-state index in [1.807, 2.05) is 0 Å². The molecule has 1 fully saturated rings. The number of alkyl halides is 1. The lowest BCUT2D eigenvalue weighted by Crippen LogP contribution is -2.23. The van der Waals surface area contributed by atoms with Crippen molar-refractivity contribution in [1.82, 2.24) is 0 Å². The molecule has 0 aromatic carbocycles. The molecule has 0 radical (unpaired) electrons. The van der Waals surface area contributed by atoms with Gasteiger partial charge < -0.3 is 13.8 Å². The van der Waals surface area contributed by atoms with Crippen molar-refractivity contribution in [3.8, 4) is 0 Å². The molecule has 0 aromatic rings. The van der Waals surface area contributed by atoms with Gasteiger partial charge in [-0.25, -0.2) is 0 Å². The van der Waals surface area contributed by atoms with Gasteiger partial charge in [-0.15, -0.1) is 11.6 Å². The molecule has 0 amide bonds. The number of hydrogen-bond donors (Lipinski definition) is 0. The molecule has 0 spiro atoms. The third kappa shape index (κ3) is 3.04. The summed E-state index contributed by atoms with van der Waals surface area (Å²) in [5, 5.41) is 0. The minimum absolute atomic E-state index is 0.0359. The van der Waals surface area contributed by atoms with Gasteiger partial charge in [0.05, 0.1) is 19.3 Å². The monoisotopic (exact) mass is 214 g/mol. The van der Waals surface area contributed by atoms with E-state index in [1.54, 1.807) is 6.92 Å². The van der Waals surface area contributed by atoms with Gasteiger partial charge in [-0.2, -0.15) is 0 Å². The first-order valence-electron chi connectivity index (χ1n) is 3.72. The molecule has 2 unspecified atom stereocenters. The Morgan fingerprint density at radius 3 is 3.08 bits per heavy atom. The van der Waals surface area contributed by atoms with Crippen LogP contribution in [0.15, 0.2) is 0 Å². The van der Waals surface area contributed by atoms with Crippen LogP contribution in [0.25, 0.3) is 0 Å². The Morgan fingerprint density at radius 1 is 1.75 bits per heavy atom. The van der Waals surface area contributed by atoms with E-state index in [9.17, 15) is 4.57 Å². The van der Waals surface area contributed by atoms with Crippen molar-refractivity contribution >= 4 is 19.2 Å². The van der Waals surface area contributed by atoms with Crippen LogP contribution >= 0.6 is 19.2 Å². The van der Waals surface area contributed by atoms with Crippen LogP contribution in [0.1, 0.15) is 6.92 Å². The molecule has 6 heteroatoms. The van der Waals surface area contributed by atoms with Crippen LogP contribution in [0.4, 0.5) is 0 Å². The molecular weight excluding hydrogens is 202 g/mol. The Bertz CT molecular complexity index is 186. The zero-order valence-corrected chi connectivity index (χ0v) is 8.51. The van der Waals surface area contributed by atoms with Gasteiger partial charge in [-0.3, -0.25) is 4.57 Å². The Labute approximate surface area is 76.7 Å². The van der Waals surface area contributed by atoms with E-state index >= 15 is 0 Å². The molecule has 0 N–H and O–H groups in total. The molecule has 72 valence electrons. The van der Waals surface area contributed by atoms with Gasteiger partial charge in [-0.05, 0) is 6.92 Å². The normalized spacial score (nSPS) is 36.7. The van der Waals surface area contributed by atoms with Crippen molar-refractivity contribution in [1.29, 1.82) is 0 Å². The van der Waals surface area contributed by atoms with Crippen LogP contribution in [-0.4, -0.2) is 31.5 Å². The second-order valence-corrected chi connectivity index (χ2v) is 4.88. The molecular formula is C6H12ClO4P. The number of ether oxygens (including phenoxy) is 1. The predicted molar refractivity (Wildman–Crippen MR) is 45.6 cm³/mol. The van der Waals surface area contributed by atoms with E-state index in [0.29, 0.717) is 12.5 Å². The highest BCUT2D eigenvalue weighted by Gasteiger charge is 2.31. The van der Waals surface area contributed by atoms with Crippen LogP contribution in [0.2, 0.25) is 0 Å². The molecule has 0 aromatic heterocycles. The van der Waals surface area contributed by atoms with Crippen LogP contribution in [-0.2, 0) is 18.3 Å². The number of halogens is 1. The third-order valence-corrected chi connectivity index (χ3v) is 3.22. The topological polar surface area (TPSA) is 44.8 Å². The summed E-state index contributed by atoms with van der Waals surface area (Å²) in [6.07, 6.45) is -0.131. The molecule has 0 bridgehead atoms. The first-order chi connectivity index (χ1) is 5.66. The van der Waals surface area contributed by atoms with Crippen LogP contribution in [0, 0.1) is 0 Å². The van der Waals surface area contributed by atoms with Gasteiger partial charge in [0.1, 0.15) is 6.35 Å². The Hall–Kier alpha value is 0.400. The molecule has 1 aliphatic rings. The van der Waals surface area contributed by atoms with Gasteiger partial charge >= 0.3 is 7.60 Å².